The molecule has 0 saturated carbocycles. The number of ether oxygens (including phenoxy) is 1. The summed E-state index contributed by atoms with van der Waals surface area (Å²) in [6.45, 7) is -0.214. The van der Waals surface area contributed by atoms with Gasteiger partial charge in [-0.3, -0.25) is 4.79 Å². The first-order valence-corrected chi connectivity index (χ1v) is 8.80. The van der Waals surface area contributed by atoms with Crippen molar-refractivity contribution in [2.75, 3.05) is 11.9 Å². The fraction of sp³-hybridized carbons (Fsp3) is 0.0435. The van der Waals surface area contributed by atoms with E-state index in [9.17, 15) is 9.59 Å². The Hall–Kier alpha value is -3.86. The highest BCUT2D eigenvalue weighted by Crippen LogP contribution is 2.23. The molecule has 4 rings (SSSR count). The average Bonchev–Trinajstić information content (AvgIpc) is 2.73. The van der Waals surface area contributed by atoms with Gasteiger partial charge in [0.1, 0.15) is 11.3 Å². The summed E-state index contributed by atoms with van der Waals surface area (Å²) in [5.74, 6) is 0.00575. The molecule has 1 amide bonds. The maximum Gasteiger partial charge on any atom is 0.339 e. The molecule has 1 heterocycles. The van der Waals surface area contributed by atoms with E-state index in [0.717, 1.165) is 11.1 Å². The van der Waals surface area contributed by atoms with Crippen LogP contribution < -0.4 is 15.7 Å². The number of hydrogen-bond donors (Lipinski definition) is 1. The number of amides is 1. The van der Waals surface area contributed by atoms with E-state index in [1.54, 1.807) is 18.2 Å². The highest BCUT2D eigenvalue weighted by Gasteiger charge is 2.09. The highest BCUT2D eigenvalue weighted by atomic mass is 16.5. The molecule has 5 nitrogen and oxygen atoms in total. The van der Waals surface area contributed by atoms with Crippen LogP contribution in [0.25, 0.3) is 22.1 Å². The summed E-state index contributed by atoms with van der Waals surface area (Å²) < 4.78 is 10.7. The second kappa shape index (κ2) is 7.80. The quantitative estimate of drug-likeness (QED) is 0.525. The molecule has 3 aromatic carbocycles. The van der Waals surface area contributed by atoms with Crippen molar-refractivity contribution >= 4 is 22.6 Å². The Morgan fingerprint density at radius 2 is 1.54 bits per heavy atom. The predicted octanol–water partition coefficient (Wildman–Crippen LogP) is 4.48. The first kappa shape index (κ1) is 17.5. The summed E-state index contributed by atoms with van der Waals surface area (Å²) in [7, 11) is 0. The molecule has 138 valence electrons. The van der Waals surface area contributed by atoms with Gasteiger partial charge in [-0.15, -0.1) is 0 Å². The van der Waals surface area contributed by atoms with E-state index in [4.69, 9.17) is 9.15 Å². The molecule has 0 saturated heterocycles. The van der Waals surface area contributed by atoms with E-state index in [1.165, 1.54) is 6.07 Å². The van der Waals surface area contributed by atoms with Crippen molar-refractivity contribution in [1.82, 2.24) is 0 Å². The summed E-state index contributed by atoms with van der Waals surface area (Å²) in [4.78, 5) is 23.9. The van der Waals surface area contributed by atoms with Gasteiger partial charge < -0.3 is 14.5 Å². The Labute approximate surface area is 161 Å². The Bertz CT molecular complexity index is 1160. The van der Waals surface area contributed by atoms with E-state index in [0.29, 0.717) is 22.4 Å². The third kappa shape index (κ3) is 3.94. The van der Waals surface area contributed by atoms with Crippen LogP contribution in [0.5, 0.6) is 5.75 Å². The lowest BCUT2D eigenvalue weighted by molar-refractivity contribution is -0.118. The maximum absolute atomic E-state index is 12.2. The first-order chi connectivity index (χ1) is 13.7. The van der Waals surface area contributed by atoms with Gasteiger partial charge in [0.05, 0.1) is 11.5 Å². The van der Waals surface area contributed by atoms with Crippen LogP contribution in [0, 0.1) is 0 Å². The van der Waals surface area contributed by atoms with Crippen molar-refractivity contribution in [2.45, 2.75) is 0 Å². The van der Waals surface area contributed by atoms with E-state index >= 15 is 0 Å². The molecule has 1 N–H and O–H groups in total. The van der Waals surface area contributed by atoms with Crippen LogP contribution in [0.3, 0.4) is 0 Å². The molecule has 0 radical (unpaired) electrons. The Morgan fingerprint density at radius 1 is 0.857 bits per heavy atom. The SMILES string of the molecule is O=C(COc1cc(=O)oc2ccccc12)Nc1ccc(-c2ccccc2)cc1. The topological polar surface area (TPSA) is 68.5 Å². The van der Waals surface area contributed by atoms with Gasteiger partial charge in [-0.25, -0.2) is 4.79 Å². The van der Waals surface area contributed by atoms with Crippen LogP contribution in [0.15, 0.2) is 94.1 Å². The van der Waals surface area contributed by atoms with Crippen molar-refractivity contribution in [3.63, 3.8) is 0 Å². The van der Waals surface area contributed by atoms with Crippen molar-refractivity contribution in [3.05, 3.63) is 95.3 Å². The van der Waals surface area contributed by atoms with E-state index in [1.807, 2.05) is 60.7 Å². The molecule has 0 bridgehead atoms. The third-order valence-corrected chi connectivity index (χ3v) is 4.25. The van der Waals surface area contributed by atoms with Crippen LogP contribution in [0.2, 0.25) is 0 Å². The number of para-hydroxylation sites is 1. The normalized spacial score (nSPS) is 10.6. The number of nitrogens with one attached hydrogen (secondary N) is 1. The minimum absolute atomic E-state index is 0.214. The summed E-state index contributed by atoms with van der Waals surface area (Å²) in [5, 5.41) is 3.43. The number of carbonyl (C=O) groups is 1. The average molecular weight is 371 g/mol. The second-order valence-corrected chi connectivity index (χ2v) is 6.21. The van der Waals surface area contributed by atoms with Crippen LogP contribution >= 0.6 is 0 Å². The molecule has 1 aromatic heterocycles. The molecular formula is C23H17NO4. The van der Waals surface area contributed by atoms with Gasteiger partial charge in [0.15, 0.2) is 6.61 Å². The monoisotopic (exact) mass is 371 g/mol. The van der Waals surface area contributed by atoms with Crippen LogP contribution in [0.4, 0.5) is 5.69 Å². The van der Waals surface area contributed by atoms with Crippen molar-refractivity contribution in [1.29, 1.82) is 0 Å². The molecule has 28 heavy (non-hydrogen) atoms. The minimum atomic E-state index is -0.523. The van der Waals surface area contributed by atoms with Crippen LogP contribution in [-0.4, -0.2) is 12.5 Å². The second-order valence-electron chi connectivity index (χ2n) is 6.21. The molecule has 0 unspecified atom stereocenters. The Kier molecular flexibility index (Phi) is 4.89. The summed E-state index contributed by atoms with van der Waals surface area (Å²) in [5.41, 5.74) is 2.74. The summed E-state index contributed by atoms with van der Waals surface area (Å²) >= 11 is 0. The van der Waals surface area contributed by atoms with Gasteiger partial charge in [-0.05, 0) is 35.4 Å². The number of fused-ring (bicyclic) bond motifs is 1. The molecule has 0 spiro atoms. The summed E-state index contributed by atoms with van der Waals surface area (Å²) in [6, 6.07) is 25.8. The number of benzene rings is 3. The number of rotatable bonds is 5. The highest BCUT2D eigenvalue weighted by molar-refractivity contribution is 5.92. The van der Waals surface area contributed by atoms with Crippen LogP contribution in [0.1, 0.15) is 0 Å². The maximum atomic E-state index is 12.2. The lowest BCUT2D eigenvalue weighted by atomic mass is 10.1. The molecule has 0 aliphatic carbocycles. The molecule has 0 aliphatic rings. The standard InChI is InChI=1S/C23H17NO4/c25-22(15-27-21-14-23(26)28-20-9-5-4-8-19(20)21)24-18-12-10-17(11-13-18)16-6-2-1-3-7-16/h1-14H,15H2,(H,24,25). The summed E-state index contributed by atoms with van der Waals surface area (Å²) in [6.07, 6.45) is 0. The molecular weight excluding hydrogens is 354 g/mol. The van der Waals surface area contributed by atoms with Gasteiger partial charge >= 0.3 is 5.63 Å². The zero-order valence-corrected chi connectivity index (χ0v) is 14.9. The van der Waals surface area contributed by atoms with Gasteiger partial charge in [0, 0.05) is 5.69 Å². The molecule has 0 aliphatic heterocycles. The lowest BCUT2D eigenvalue weighted by Crippen LogP contribution is -2.20. The van der Waals surface area contributed by atoms with Crippen LogP contribution in [-0.2, 0) is 4.79 Å². The minimum Gasteiger partial charge on any atom is -0.483 e. The van der Waals surface area contributed by atoms with Gasteiger partial charge in [-0.2, -0.15) is 0 Å². The molecule has 5 heteroatoms. The smallest absolute Gasteiger partial charge is 0.339 e. The number of carbonyl (C=O) groups excluding carboxylic acids is 1. The van der Waals surface area contributed by atoms with E-state index < -0.39 is 5.63 Å². The van der Waals surface area contributed by atoms with Crippen molar-refractivity contribution < 1.29 is 13.9 Å². The van der Waals surface area contributed by atoms with E-state index in [2.05, 4.69) is 5.32 Å². The zero-order valence-electron chi connectivity index (χ0n) is 14.9. The zero-order chi connectivity index (χ0) is 19.3. The first-order valence-electron chi connectivity index (χ1n) is 8.80. The largest absolute Gasteiger partial charge is 0.483 e. The number of anilines is 1. The van der Waals surface area contributed by atoms with Crippen molar-refractivity contribution in [2.24, 2.45) is 0 Å². The fourth-order valence-corrected chi connectivity index (χ4v) is 2.92. The predicted molar refractivity (Wildman–Crippen MR) is 108 cm³/mol. The molecule has 0 atom stereocenters. The fourth-order valence-electron chi connectivity index (χ4n) is 2.92. The van der Waals surface area contributed by atoms with Gasteiger partial charge in [-0.1, -0.05) is 54.6 Å². The Morgan fingerprint density at radius 3 is 2.32 bits per heavy atom. The van der Waals surface area contributed by atoms with Gasteiger partial charge in [0.25, 0.3) is 5.91 Å². The molecule has 0 fully saturated rings. The molecule has 4 aromatic rings. The van der Waals surface area contributed by atoms with Crippen molar-refractivity contribution in [3.8, 4) is 16.9 Å². The lowest BCUT2D eigenvalue weighted by Gasteiger charge is -2.09. The van der Waals surface area contributed by atoms with E-state index in [-0.39, 0.29) is 12.5 Å². The number of hydrogen-bond acceptors (Lipinski definition) is 4. The van der Waals surface area contributed by atoms with Gasteiger partial charge in [0.2, 0.25) is 0 Å². The third-order valence-electron chi connectivity index (χ3n) is 4.25. The Balaban J connectivity index is 1.42.